The molecule has 4 saturated carbocycles. The lowest BCUT2D eigenvalue weighted by molar-refractivity contribution is 0.00852. The smallest absolute Gasteiger partial charge is 0.400 e. The Bertz CT molecular complexity index is 704. The second-order valence-electron chi connectivity index (χ2n) is 10.7. The number of aliphatic hydroxyl groups excluding tert-OH is 1. The van der Waals surface area contributed by atoms with Crippen LogP contribution < -0.4 is 0 Å². The Hall–Kier alpha value is 0.388. The van der Waals surface area contributed by atoms with E-state index in [-0.39, 0.29) is 0 Å². The molecule has 6 unspecified atom stereocenters. The summed E-state index contributed by atoms with van der Waals surface area (Å²) in [6.45, 7) is 8.00. The van der Waals surface area contributed by atoms with Crippen LogP contribution in [0.1, 0.15) is 79.1 Å². The first-order chi connectivity index (χ1) is 21.3. The highest BCUT2D eigenvalue weighted by Gasteiger charge is 2.63. The molecule has 0 aliphatic heterocycles. The Kier molecular flexibility index (Phi) is 23.1. The van der Waals surface area contributed by atoms with Crippen molar-refractivity contribution in [3.8, 4) is 0 Å². The third-order valence-corrected chi connectivity index (χ3v) is 21.2. The molecule has 4 fully saturated rings. The van der Waals surface area contributed by atoms with E-state index in [0.717, 1.165) is 25.4 Å². The van der Waals surface area contributed by atoms with Gasteiger partial charge in [0.25, 0.3) is 0 Å². The molecule has 1 N–H and O–H groups in total. The molecule has 0 radical (unpaired) electrons. The summed E-state index contributed by atoms with van der Waals surface area (Å²) in [6, 6.07) is 0. The van der Waals surface area contributed by atoms with Crippen LogP contribution >= 0.6 is 0 Å². The van der Waals surface area contributed by atoms with Gasteiger partial charge in [0.15, 0.2) is 0 Å². The normalized spacial score (nSPS) is 27.0. The Labute approximate surface area is 273 Å². The van der Waals surface area contributed by atoms with Crippen molar-refractivity contribution in [2.45, 2.75) is 90.1 Å². The van der Waals surface area contributed by atoms with Crippen LogP contribution in [0.25, 0.3) is 0 Å². The summed E-state index contributed by atoms with van der Waals surface area (Å²) in [6.07, 6.45) is 10.1. The van der Waals surface area contributed by atoms with Crippen LogP contribution in [0.4, 0.5) is 0 Å². The highest BCUT2D eigenvalue weighted by molar-refractivity contribution is 6.73. The summed E-state index contributed by atoms with van der Waals surface area (Å²) in [5.74, 6) is 2.95. The van der Waals surface area contributed by atoms with Crippen LogP contribution in [-0.2, 0) is 48.1 Å². The largest absolute Gasteiger partial charge is 0.671 e. The molecule has 4 rings (SSSR count). The van der Waals surface area contributed by atoms with Gasteiger partial charge < -0.3 is 53.2 Å². The minimum absolute atomic E-state index is 0.323. The van der Waals surface area contributed by atoms with Crippen molar-refractivity contribution in [2.24, 2.45) is 23.7 Å². The number of hydrogen-bond donors (Lipinski definition) is 1. The number of aliphatic hydroxyl groups is 1. The van der Waals surface area contributed by atoms with Crippen LogP contribution in [0, 0.1) is 23.7 Å². The highest BCUT2D eigenvalue weighted by atomic mass is 28.5. The van der Waals surface area contributed by atoms with Crippen molar-refractivity contribution < 1.29 is 53.2 Å². The minimum atomic E-state index is -3.18. The molecule has 12 nitrogen and oxygen atoms in total. The summed E-state index contributed by atoms with van der Waals surface area (Å²) in [4.78, 5) is 0. The van der Waals surface area contributed by atoms with Gasteiger partial charge in [0.05, 0.1) is 0 Å². The van der Waals surface area contributed by atoms with E-state index in [2.05, 4.69) is 0 Å². The zero-order valence-corrected chi connectivity index (χ0v) is 34.3. The number of hydrogen-bond acceptors (Lipinski definition) is 12. The van der Waals surface area contributed by atoms with Gasteiger partial charge in [-0.1, -0.05) is 40.5 Å². The van der Waals surface area contributed by atoms with Crippen LogP contribution in [0.15, 0.2) is 0 Å². The van der Waals surface area contributed by atoms with Gasteiger partial charge in [-0.15, -0.1) is 0 Å². The third-order valence-electron chi connectivity index (χ3n) is 9.19. The van der Waals surface area contributed by atoms with Crippen molar-refractivity contribution in [1.29, 1.82) is 0 Å². The van der Waals surface area contributed by atoms with Crippen molar-refractivity contribution in [3.05, 3.63) is 0 Å². The Morgan fingerprint density at radius 1 is 0.500 bits per heavy atom. The molecule has 0 aromatic heterocycles. The lowest BCUT2D eigenvalue weighted by Crippen LogP contribution is -2.61. The Morgan fingerprint density at radius 2 is 0.864 bits per heavy atom. The maximum absolute atomic E-state index is 7.00. The molecule has 6 atom stereocenters. The van der Waals surface area contributed by atoms with E-state index in [4.69, 9.17) is 53.2 Å². The van der Waals surface area contributed by atoms with E-state index in [1.807, 2.05) is 27.7 Å². The van der Waals surface area contributed by atoms with Crippen molar-refractivity contribution in [1.82, 2.24) is 0 Å². The summed E-state index contributed by atoms with van der Waals surface area (Å²) >= 11 is 0. The number of fused-ring (bicyclic) bond motifs is 4. The first kappa shape index (κ1) is 44.4. The molecule has 0 spiro atoms. The van der Waals surface area contributed by atoms with E-state index in [1.165, 1.54) is 66.3 Å². The summed E-state index contributed by atoms with van der Waals surface area (Å²) in [5, 5.41) is 7.00. The maximum atomic E-state index is 7.00. The zero-order chi connectivity index (χ0) is 34.0. The molecule has 4 bridgehead atoms. The average molecular weight is 707 g/mol. The first-order valence-corrected chi connectivity index (χ1v) is 22.7. The highest BCUT2D eigenvalue weighted by Crippen LogP contribution is 2.57. The second-order valence-corrected chi connectivity index (χ2v) is 21.7. The summed E-state index contributed by atoms with van der Waals surface area (Å²) in [7, 11) is 4.69. The van der Waals surface area contributed by atoms with Crippen LogP contribution in [0.3, 0.4) is 0 Å². The fourth-order valence-electron chi connectivity index (χ4n) is 7.35. The van der Waals surface area contributed by atoms with Gasteiger partial charge in [-0.25, -0.2) is 0 Å². The predicted octanol–water partition coefficient (Wildman–Crippen LogP) is 4.90. The van der Waals surface area contributed by atoms with E-state index in [0.29, 0.717) is 22.9 Å². The van der Waals surface area contributed by atoms with Gasteiger partial charge in [0.2, 0.25) is 0 Å². The molecular formula is C28H66O12Si4. The molecule has 4 aliphatic carbocycles. The second kappa shape index (κ2) is 22.9. The van der Waals surface area contributed by atoms with Crippen molar-refractivity contribution in [3.63, 3.8) is 0 Å². The fraction of sp³-hybridized carbons (Fsp3) is 1.00. The van der Waals surface area contributed by atoms with Crippen molar-refractivity contribution >= 4 is 36.2 Å². The third kappa shape index (κ3) is 10.7. The van der Waals surface area contributed by atoms with E-state index >= 15 is 0 Å². The Morgan fingerprint density at radius 3 is 1.11 bits per heavy atom. The van der Waals surface area contributed by atoms with E-state index < -0.39 is 36.2 Å². The van der Waals surface area contributed by atoms with Gasteiger partial charge in [-0.2, -0.15) is 0 Å². The molecule has 0 aromatic rings. The molecular weight excluding hydrogens is 641 g/mol. The molecule has 4 aliphatic rings. The van der Waals surface area contributed by atoms with Crippen LogP contribution in [0.2, 0.25) is 11.1 Å². The van der Waals surface area contributed by atoms with Gasteiger partial charge in [-0.3, -0.25) is 0 Å². The molecule has 0 heterocycles. The lowest BCUT2D eigenvalue weighted by Gasteiger charge is -2.39. The van der Waals surface area contributed by atoms with E-state index in [9.17, 15) is 0 Å². The predicted molar refractivity (Wildman–Crippen MR) is 179 cm³/mol. The Balaban J connectivity index is 0.000000721. The molecule has 16 heteroatoms. The summed E-state index contributed by atoms with van der Waals surface area (Å²) < 4.78 is 61.9. The van der Waals surface area contributed by atoms with Gasteiger partial charge >= 0.3 is 36.2 Å². The van der Waals surface area contributed by atoms with Gasteiger partial charge in [0.1, 0.15) is 0 Å². The number of rotatable bonds is 15. The molecule has 0 amide bonds. The topological polar surface area (TPSA) is 122 Å². The molecule has 0 aromatic carbocycles. The minimum Gasteiger partial charge on any atom is -0.400 e. The fourth-order valence-corrected chi connectivity index (χ4v) is 19.6. The monoisotopic (exact) mass is 706 g/mol. The molecule has 44 heavy (non-hydrogen) atoms. The first-order valence-electron chi connectivity index (χ1n) is 16.0. The molecule has 0 saturated heterocycles. The zero-order valence-electron chi connectivity index (χ0n) is 30.1. The van der Waals surface area contributed by atoms with Crippen LogP contribution in [0.5, 0.6) is 0 Å². The van der Waals surface area contributed by atoms with E-state index in [1.54, 1.807) is 42.7 Å². The maximum Gasteiger partial charge on any atom is 0.671 e. The standard InChI is InChI=1S/C12H26O6Si2.C11H24O5Si2.2C2H6.CH4O/c1-13-19(14-2,18-20(15-3,16-4)17-5)12-9-10-6-7-11(12)8-10;1-12-17(13-2)16-18(14-3,15-4)11-8-9-5-6-10(11)7-9;3*1-2/h10-12H,6-9H2,1-5H3;9-11,17H,5-8H2,1-4H3;2*1-2H3;2H,1H3. The van der Waals surface area contributed by atoms with Crippen LogP contribution in [-0.4, -0.2) is 112 Å². The quantitative estimate of drug-likeness (QED) is 0.233. The van der Waals surface area contributed by atoms with Crippen molar-refractivity contribution in [2.75, 3.05) is 71.1 Å². The van der Waals surface area contributed by atoms with Gasteiger partial charge in [-0.05, 0) is 62.2 Å². The average Bonchev–Trinajstić information content (AvgIpc) is 3.94. The molecule has 266 valence electrons. The van der Waals surface area contributed by atoms with Gasteiger partial charge in [0, 0.05) is 82.2 Å². The lowest BCUT2D eigenvalue weighted by atomic mass is 10.0. The summed E-state index contributed by atoms with van der Waals surface area (Å²) in [5.41, 5.74) is 0.745. The SMILES string of the molecule is CC.CC.CO.CO[SiH](OC)O[Si](OC)(OC)C1CC2CCC1C2.CO[Si](OC)(OC)O[Si](OC)(OC)C1CC2CCC1C2.